The van der Waals surface area contributed by atoms with Gasteiger partial charge in [0.15, 0.2) is 5.96 Å². The molecule has 21 heavy (non-hydrogen) atoms. The Bertz CT molecular complexity index is 305. The lowest BCUT2D eigenvalue weighted by Gasteiger charge is -2.34. The van der Waals surface area contributed by atoms with E-state index in [0.29, 0.717) is 12.1 Å². The van der Waals surface area contributed by atoms with Crippen molar-refractivity contribution < 1.29 is 0 Å². The topological polar surface area (TPSA) is 39.7 Å². The van der Waals surface area contributed by atoms with Gasteiger partial charge in [0.05, 0.1) is 0 Å². The first-order valence-corrected chi connectivity index (χ1v) is 8.49. The van der Waals surface area contributed by atoms with Crippen molar-refractivity contribution in [1.29, 1.82) is 0 Å². The predicted molar refractivity (Wildman–Crippen MR) is 102 cm³/mol. The molecule has 0 radical (unpaired) electrons. The van der Waals surface area contributed by atoms with Crippen LogP contribution in [0.4, 0.5) is 0 Å². The maximum Gasteiger partial charge on any atom is 0.191 e. The summed E-state index contributed by atoms with van der Waals surface area (Å²) in [6, 6.07) is 1.32. The van der Waals surface area contributed by atoms with E-state index in [2.05, 4.69) is 34.4 Å². The van der Waals surface area contributed by atoms with Crippen molar-refractivity contribution in [1.82, 2.24) is 15.5 Å². The molecule has 0 aromatic rings. The van der Waals surface area contributed by atoms with Crippen LogP contribution in [0.3, 0.4) is 0 Å². The Morgan fingerprint density at radius 1 is 1.19 bits per heavy atom. The van der Waals surface area contributed by atoms with Crippen LogP contribution in [-0.4, -0.2) is 49.6 Å². The molecule has 2 N–H and O–H groups in total. The van der Waals surface area contributed by atoms with Gasteiger partial charge in [-0.25, -0.2) is 0 Å². The van der Waals surface area contributed by atoms with E-state index in [9.17, 15) is 0 Å². The molecule has 0 amide bonds. The summed E-state index contributed by atoms with van der Waals surface area (Å²) in [5, 5.41) is 7.05. The summed E-state index contributed by atoms with van der Waals surface area (Å²) in [5.74, 6) is 1.78. The van der Waals surface area contributed by atoms with Crippen LogP contribution in [-0.2, 0) is 0 Å². The van der Waals surface area contributed by atoms with E-state index < -0.39 is 0 Å². The number of nitrogens with one attached hydrogen (secondary N) is 2. The van der Waals surface area contributed by atoms with E-state index in [1.165, 1.54) is 51.6 Å². The molecule has 1 unspecified atom stereocenters. The maximum absolute atomic E-state index is 4.35. The van der Waals surface area contributed by atoms with Crippen LogP contribution in [0.5, 0.6) is 0 Å². The Morgan fingerprint density at radius 3 is 2.29 bits per heavy atom. The molecule has 0 bridgehead atoms. The fourth-order valence-electron chi connectivity index (χ4n) is 3.32. The first kappa shape index (κ1) is 19.0. The molecular formula is C16H33IN4. The largest absolute Gasteiger partial charge is 0.355 e. The smallest absolute Gasteiger partial charge is 0.191 e. The Hall–Kier alpha value is -0.0400. The third kappa shape index (κ3) is 5.93. The van der Waals surface area contributed by atoms with Crippen LogP contribution >= 0.6 is 24.0 Å². The highest BCUT2D eigenvalue weighted by atomic mass is 127. The quantitative estimate of drug-likeness (QED) is 0.387. The zero-order valence-corrected chi connectivity index (χ0v) is 16.2. The fraction of sp³-hybridized carbons (Fsp3) is 0.938. The lowest BCUT2D eigenvalue weighted by Crippen LogP contribution is -2.49. The van der Waals surface area contributed by atoms with Gasteiger partial charge in [-0.15, -0.1) is 24.0 Å². The van der Waals surface area contributed by atoms with Gasteiger partial charge in [-0.1, -0.05) is 26.7 Å². The number of likely N-dealkylation sites (tertiary alicyclic amines) is 1. The van der Waals surface area contributed by atoms with Crippen LogP contribution in [0.1, 0.15) is 52.4 Å². The molecule has 1 aliphatic heterocycles. The summed E-state index contributed by atoms with van der Waals surface area (Å²) in [7, 11) is 1.87. The minimum atomic E-state index is 0. The SMILES string of the molecule is CCC(CC)C(CNC(=NC)NC1CC1)N1CCCC1.I. The molecule has 2 aliphatic rings. The van der Waals surface area contributed by atoms with Crippen molar-refractivity contribution in [2.24, 2.45) is 10.9 Å². The second-order valence-electron chi connectivity index (χ2n) is 6.26. The number of rotatable bonds is 7. The lowest BCUT2D eigenvalue weighted by molar-refractivity contribution is 0.166. The monoisotopic (exact) mass is 408 g/mol. The molecule has 1 saturated heterocycles. The van der Waals surface area contributed by atoms with Crippen LogP contribution in [0.25, 0.3) is 0 Å². The highest BCUT2D eigenvalue weighted by molar-refractivity contribution is 14.0. The number of hydrogen-bond donors (Lipinski definition) is 2. The standard InChI is InChI=1S/C16H32N4.HI/c1-4-13(5-2)15(20-10-6-7-11-20)12-18-16(17-3)19-14-8-9-14;/h13-15H,4-12H2,1-3H3,(H2,17,18,19);1H. The molecule has 4 nitrogen and oxygen atoms in total. The van der Waals surface area contributed by atoms with E-state index in [4.69, 9.17) is 0 Å². The molecule has 5 heteroatoms. The number of halogens is 1. The highest BCUT2D eigenvalue weighted by Crippen LogP contribution is 2.22. The van der Waals surface area contributed by atoms with Gasteiger partial charge >= 0.3 is 0 Å². The van der Waals surface area contributed by atoms with E-state index >= 15 is 0 Å². The van der Waals surface area contributed by atoms with Gasteiger partial charge in [0.25, 0.3) is 0 Å². The molecule has 1 heterocycles. The first-order valence-electron chi connectivity index (χ1n) is 8.49. The highest BCUT2D eigenvalue weighted by Gasteiger charge is 2.28. The Kier molecular flexibility index (Phi) is 8.94. The zero-order valence-electron chi connectivity index (χ0n) is 13.9. The molecule has 2 fully saturated rings. The van der Waals surface area contributed by atoms with Gasteiger partial charge in [0, 0.05) is 25.7 Å². The summed E-state index contributed by atoms with van der Waals surface area (Å²) in [4.78, 5) is 7.04. The van der Waals surface area contributed by atoms with Gasteiger partial charge < -0.3 is 10.6 Å². The molecule has 1 saturated carbocycles. The predicted octanol–water partition coefficient (Wildman–Crippen LogP) is 2.83. The third-order valence-corrected chi connectivity index (χ3v) is 4.82. The maximum atomic E-state index is 4.35. The Labute approximate surface area is 147 Å². The number of guanidine groups is 1. The first-order chi connectivity index (χ1) is 9.78. The number of hydrogen-bond acceptors (Lipinski definition) is 2. The molecule has 1 atom stereocenters. The molecule has 2 rings (SSSR count). The minimum absolute atomic E-state index is 0. The summed E-state index contributed by atoms with van der Waals surface area (Å²) in [6.07, 6.45) is 7.87. The number of nitrogens with zero attached hydrogens (tertiary/aromatic N) is 2. The van der Waals surface area contributed by atoms with E-state index in [1.54, 1.807) is 0 Å². The van der Waals surface area contributed by atoms with Crippen molar-refractivity contribution >= 4 is 29.9 Å². The normalized spacial score (nSPS) is 21.2. The molecule has 1 aliphatic carbocycles. The van der Waals surface area contributed by atoms with Crippen molar-refractivity contribution in [2.45, 2.75) is 64.5 Å². The van der Waals surface area contributed by atoms with Gasteiger partial charge in [-0.05, 0) is 44.7 Å². The summed E-state index contributed by atoms with van der Waals surface area (Å²) < 4.78 is 0. The van der Waals surface area contributed by atoms with Gasteiger partial charge in [-0.3, -0.25) is 9.89 Å². The van der Waals surface area contributed by atoms with Crippen molar-refractivity contribution in [2.75, 3.05) is 26.7 Å². The van der Waals surface area contributed by atoms with E-state index in [-0.39, 0.29) is 24.0 Å². The van der Waals surface area contributed by atoms with Crippen molar-refractivity contribution in [3.63, 3.8) is 0 Å². The van der Waals surface area contributed by atoms with Crippen LogP contribution in [0.2, 0.25) is 0 Å². The van der Waals surface area contributed by atoms with Crippen LogP contribution in [0, 0.1) is 5.92 Å². The Balaban J connectivity index is 0.00000220. The van der Waals surface area contributed by atoms with Crippen LogP contribution in [0.15, 0.2) is 4.99 Å². The van der Waals surface area contributed by atoms with Crippen molar-refractivity contribution in [3.8, 4) is 0 Å². The van der Waals surface area contributed by atoms with Crippen LogP contribution < -0.4 is 10.6 Å². The van der Waals surface area contributed by atoms with Gasteiger partial charge in [0.1, 0.15) is 0 Å². The van der Waals surface area contributed by atoms with Gasteiger partial charge in [-0.2, -0.15) is 0 Å². The average Bonchev–Trinajstić information content (AvgIpc) is 3.12. The number of aliphatic imine (C=N–C) groups is 1. The minimum Gasteiger partial charge on any atom is -0.355 e. The second kappa shape index (κ2) is 9.87. The lowest BCUT2D eigenvalue weighted by atomic mass is 9.93. The summed E-state index contributed by atoms with van der Waals surface area (Å²) in [5.41, 5.74) is 0. The average molecular weight is 408 g/mol. The van der Waals surface area contributed by atoms with Crippen molar-refractivity contribution in [3.05, 3.63) is 0 Å². The van der Waals surface area contributed by atoms with E-state index in [1.807, 2.05) is 7.05 Å². The summed E-state index contributed by atoms with van der Waals surface area (Å²) in [6.45, 7) is 8.23. The fourth-order valence-corrected chi connectivity index (χ4v) is 3.32. The molecular weight excluding hydrogens is 375 g/mol. The summed E-state index contributed by atoms with van der Waals surface area (Å²) >= 11 is 0. The second-order valence-corrected chi connectivity index (χ2v) is 6.26. The Morgan fingerprint density at radius 2 is 1.81 bits per heavy atom. The molecule has 0 aromatic carbocycles. The van der Waals surface area contributed by atoms with Gasteiger partial charge in [0.2, 0.25) is 0 Å². The third-order valence-electron chi connectivity index (χ3n) is 4.82. The molecule has 0 spiro atoms. The molecule has 0 aromatic heterocycles. The molecule has 124 valence electrons. The van der Waals surface area contributed by atoms with E-state index in [0.717, 1.165) is 18.4 Å². The zero-order chi connectivity index (χ0) is 14.4.